The second-order valence-electron chi connectivity index (χ2n) is 6.28. The number of aromatic amines is 1. The van der Waals surface area contributed by atoms with Gasteiger partial charge in [-0.1, -0.05) is 12.1 Å². The number of aryl methyl sites for hydroxylation is 2. The maximum Gasteiger partial charge on any atom is 0.416 e. The van der Waals surface area contributed by atoms with E-state index >= 15 is 0 Å². The summed E-state index contributed by atoms with van der Waals surface area (Å²) in [6.45, 7) is 5.39. The van der Waals surface area contributed by atoms with Crippen LogP contribution in [0.5, 0.6) is 0 Å². The Morgan fingerprint density at radius 3 is 2.48 bits per heavy atom. The van der Waals surface area contributed by atoms with Crippen molar-refractivity contribution in [1.82, 2.24) is 9.97 Å². The summed E-state index contributed by atoms with van der Waals surface area (Å²) in [6.07, 6.45) is -3.12. The number of rotatable bonds is 4. The van der Waals surface area contributed by atoms with E-state index in [0.29, 0.717) is 15.8 Å². The molecule has 0 amide bonds. The number of hydrogen-bond donors (Lipinski definition) is 1. The molecule has 29 heavy (non-hydrogen) atoms. The molecule has 0 aliphatic rings. The summed E-state index contributed by atoms with van der Waals surface area (Å²) in [5.41, 5.74) is -0.0920. The maximum atomic E-state index is 12.8. The van der Waals surface area contributed by atoms with E-state index in [1.54, 1.807) is 6.92 Å². The number of carbonyl (C=O) groups excluding carboxylic acids is 1. The molecule has 1 aromatic carbocycles. The van der Waals surface area contributed by atoms with Gasteiger partial charge in [0.25, 0.3) is 5.56 Å². The number of thiophene rings is 1. The first-order valence-electron chi connectivity index (χ1n) is 8.68. The minimum absolute atomic E-state index is 0.00194. The highest BCUT2D eigenvalue weighted by atomic mass is 32.1. The van der Waals surface area contributed by atoms with Gasteiger partial charge in [-0.3, -0.25) is 4.79 Å². The molecule has 2 heterocycles. The van der Waals surface area contributed by atoms with Crippen LogP contribution in [-0.4, -0.2) is 22.5 Å². The van der Waals surface area contributed by atoms with E-state index in [9.17, 15) is 22.8 Å². The van der Waals surface area contributed by atoms with Crippen molar-refractivity contribution in [2.75, 3.05) is 6.61 Å². The molecule has 0 aliphatic carbocycles. The normalized spacial score (nSPS) is 12.4. The molecule has 0 saturated heterocycles. The Balaban J connectivity index is 2.13. The molecule has 0 atom stereocenters. The van der Waals surface area contributed by atoms with Crippen molar-refractivity contribution in [3.8, 4) is 0 Å². The number of nitrogens with one attached hydrogen (secondary N) is 1. The summed E-state index contributed by atoms with van der Waals surface area (Å²) in [6, 6.07) is 4.30. The molecule has 0 saturated carbocycles. The van der Waals surface area contributed by atoms with Crippen molar-refractivity contribution in [3.63, 3.8) is 0 Å². The zero-order valence-electron chi connectivity index (χ0n) is 15.8. The molecular weight excluding hydrogens is 405 g/mol. The molecule has 9 heteroatoms. The fourth-order valence-corrected chi connectivity index (χ4v) is 3.78. The first-order valence-corrected chi connectivity index (χ1v) is 9.50. The second kappa shape index (κ2) is 7.82. The predicted octanol–water partition coefficient (Wildman–Crippen LogP) is 4.72. The van der Waals surface area contributed by atoms with Crippen molar-refractivity contribution >= 4 is 39.2 Å². The van der Waals surface area contributed by atoms with Gasteiger partial charge >= 0.3 is 12.1 Å². The molecule has 3 rings (SSSR count). The molecule has 0 aliphatic heterocycles. The molecule has 152 valence electrons. The summed E-state index contributed by atoms with van der Waals surface area (Å²) in [4.78, 5) is 33.4. The fourth-order valence-electron chi connectivity index (χ4n) is 2.75. The summed E-state index contributed by atoms with van der Waals surface area (Å²) in [5, 5.41) is 0.453. The van der Waals surface area contributed by atoms with E-state index in [-0.39, 0.29) is 18.0 Å². The standard InChI is InChI=1S/C20H17F3N2O3S/c1-4-28-19(27)14(9-12-5-7-13(8-6-12)20(21,22)23)16-24-17(26)15-10(2)11(3)29-18(15)25-16/h5-9H,4H2,1-3H3,(H,24,25,26)/b14-9-. The minimum atomic E-state index is -4.46. The van der Waals surface area contributed by atoms with Crippen molar-refractivity contribution in [2.45, 2.75) is 26.9 Å². The summed E-state index contributed by atoms with van der Waals surface area (Å²) in [7, 11) is 0. The number of fused-ring (bicyclic) bond motifs is 1. The lowest BCUT2D eigenvalue weighted by atomic mass is 10.1. The van der Waals surface area contributed by atoms with Gasteiger partial charge in [0.15, 0.2) is 0 Å². The number of halogens is 3. The van der Waals surface area contributed by atoms with Crippen LogP contribution in [-0.2, 0) is 15.7 Å². The van der Waals surface area contributed by atoms with E-state index in [0.717, 1.165) is 22.6 Å². The number of H-pyrrole nitrogens is 1. The lowest BCUT2D eigenvalue weighted by molar-refractivity contribution is -0.138. The monoisotopic (exact) mass is 422 g/mol. The van der Waals surface area contributed by atoms with Gasteiger partial charge < -0.3 is 9.72 Å². The lowest BCUT2D eigenvalue weighted by Gasteiger charge is -2.08. The molecule has 0 bridgehead atoms. The Kier molecular flexibility index (Phi) is 5.61. The largest absolute Gasteiger partial charge is 0.462 e. The average Bonchev–Trinajstić information content (AvgIpc) is 2.93. The number of benzene rings is 1. The molecular formula is C20H17F3N2O3S. The number of aromatic nitrogens is 2. The molecule has 2 aromatic heterocycles. The average molecular weight is 422 g/mol. The van der Waals surface area contributed by atoms with Crippen LogP contribution in [0.1, 0.15) is 34.3 Å². The number of carbonyl (C=O) groups is 1. The predicted molar refractivity (Wildman–Crippen MR) is 106 cm³/mol. The SMILES string of the molecule is CCOC(=O)/C(=C\c1ccc(C(F)(F)F)cc1)c1nc2sc(C)c(C)c2c(=O)[nH]1. The topological polar surface area (TPSA) is 72.0 Å². The number of hydrogen-bond acceptors (Lipinski definition) is 5. The first-order chi connectivity index (χ1) is 13.6. The highest BCUT2D eigenvalue weighted by Gasteiger charge is 2.30. The van der Waals surface area contributed by atoms with Gasteiger partial charge in [-0.2, -0.15) is 13.2 Å². The molecule has 1 N–H and O–H groups in total. The van der Waals surface area contributed by atoms with Crippen LogP contribution in [0.3, 0.4) is 0 Å². The van der Waals surface area contributed by atoms with Crippen molar-refractivity contribution < 1.29 is 22.7 Å². The fraction of sp³-hybridized carbons (Fsp3) is 0.250. The Morgan fingerprint density at radius 1 is 1.24 bits per heavy atom. The molecule has 0 spiro atoms. The van der Waals surface area contributed by atoms with Crippen LogP contribution in [0.15, 0.2) is 29.1 Å². The molecule has 3 aromatic rings. The number of esters is 1. The van der Waals surface area contributed by atoms with Crippen LogP contribution in [0, 0.1) is 13.8 Å². The van der Waals surface area contributed by atoms with Crippen molar-refractivity contribution in [2.24, 2.45) is 0 Å². The molecule has 0 radical (unpaired) electrons. The third kappa shape index (κ3) is 4.24. The van der Waals surface area contributed by atoms with E-state index in [4.69, 9.17) is 4.74 Å². The van der Waals surface area contributed by atoms with Crippen LogP contribution >= 0.6 is 11.3 Å². The Labute approximate surface area is 167 Å². The summed E-state index contributed by atoms with van der Waals surface area (Å²) in [5.74, 6) is -0.734. The first kappa shape index (κ1) is 20.8. The lowest BCUT2D eigenvalue weighted by Crippen LogP contribution is -2.15. The van der Waals surface area contributed by atoms with Gasteiger partial charge in [-0.05, 0) is 50.1 Å². The highest BCUT2D eigenvalue weighted by Crippen LogP contribution is 2.30. The van der Waals surface area contributed by atoms with Gasteiger partial charge in [-0.25, -0.2) is 9.78 Å². The quantitative estimate of drug-likeness (QED) is 0.488. The van der Waals surface area contributed by atoms with E-state index in [1.165, 1.54) is 29.5 Å². The summed E-state index contributed by atoms with van der Waals surface area (Å²) < 4.78 is 43.3. The Morgan fingerprint density at radius 2 is 1.90 bits per heavy atom. The van der Waals surface area contributed by atoms with E-state index in [1.807, 2.05) is 13.8 Å². The van der Waals surface area contributed by atoms with Gasteiger partial charge in [-0.15, -0.1) is 11.3 Å². The maximum absolute atomic E-state index is 12.8. The zero-order valence-corrected chi connectivity index (χ0v) is 16.6. The Hall–Kier alpha value is -2.94. The minimum Gasteiger partial charge on any atom is -0.462 e. The zero-order chi connectivity index (χ0) is 21.3. The van der Waals surface area contributed by atoms with E-state index < -0.39 is 23.3 Å². The van der Waals surface area contributed by atoms with Gasteiger partial charge in [0, 0.05) is 4.88 Å². The summed E-state index contributed by atoms with van der Waals surface area (Å²) >= 11 is 1.33. The second-order valence-corrected chi connectivity index (χ2v) is 7.48. The van der Waals surface area contributed by atoms with Crippen molar-refractivity contribution in [1.29, 1.82) is 0 Å². The molecule has 0 unspecified atom stereocenters. The van der Waals surface area contributed by atoms with Crippen molar-refractivity contribution in [3.05, 3.63) is 62.0 Å². The van der Waals surface area contributed by atoms with Crippen LogP contribution in [0.4, 0.5) is 13.2 Å². The highest BCUT2D eigenvalue weighted by molar-refractivity contribution is 7.18. The number of nitrogens with zero attached hydrogens (tertiary/aromatic N) is 1. The number of alkyl halides is 3. The third-order valence-corrected chi connectivity index (χ3v) is 5.44. The third-order valence-electron chi connectivity index (χ3n) is 4.34. The van der Waals surface area contributed by atoms with Gasteiger partial charge in [0.05, 0.1) is 17.6 Å². The van der Waals surface area contributed by atoms with Crippen LogP contribution in [0.25, 0.3) is 21.9 Å². The smallest absolute Gasteiger partial charge is 0.416 e. The Bertz CT molecular complexity index is 1160. The van der Waals surface area contributed by atoms with Gasteiger partial charge in [0.1, 0.15) is 16.2 Å². The number of ether oxygens (including phenoxy) is 1. The molecule has 0 fully saturated rings. The van der Waals surface area contributed by atoms with E-state index in [2.05, 4.69) is 9.97 Å². The molecule has 5 nitrogen and oxygen atoms in total. The van der Waals surface area contributed by atoms with Crippen LogP contribution in [0.2, 0.25) is 0 Å². The van der Waals surface area contributed by atoms with Crippen LogP contribution < -0.4 is 5.56 Å². The van der Waals surface area contributed by atoms with Gasteiger partial charge in [0.2, 0.25) is 0 Å².